The van der Waals surface area contributed by atoms with Gasteiger partial charge in [-0.3, -0.25) is 4.79 Å². The molecule has 0 bridgehead atoms. The van der Waals surface area contributed by atoms with E-state index < -0.39 is 0 Å². The van der Waals surface area contributed by atoms with Crippen LogP contribution in [0.5, 0.6) is 5.75 Å². The summed E-state index contributed by atoms with van der Waals surface area (Å²) in [5.74, 6) is 1.19. The number of nitrogens with zero attached hydrogens (tertiary/aromatic N) is 3. The summed E-state index contributed by atoms with van der Waals surface area (Å²) < 4.78 is 2.08. The minimum absolute atomic E-state index is 0.0497. The second kappa shape index (κ2) is 7.60. The molecule has 0 aliphatic rings. The minimum atomic E-state index is -0.292. The van der Waals surface area contributed by atoms with Gasteiger partial charge in [-0.1, -0.05) is 38.1 Å². The number of phenolic OH excluding ortho intramolecular Hbond substituents is 1. The number of rotatable bonds is 6. The number of phenols is 1. The van der Waals surface area contributed by atoms with Gasteiger partial charge in [0.1, 0.15) is 17.6 Å². The molecule has 0 saturated heterocycles. The molecule has 26 heavy (non-hydrogen) atoms. The van der Waals surface area contributed by atoms with Crippen LogP contribution in [0.25, 0.3) is 11.0 Å². The van der Waals surface area contributed by atoms with Crippen LogP contribution < -0.4 is 0 Å². The van der Waals surface area contributed by atoms with Gasteiger partial charge >= 0.3 is 0 Å². The van der Waals surface area contributed by atoms with E-state index in [4.69, 9.17) is 4.98 Å². The maximum absolute atomic E-state index is 13.2. The van der Waals surface area contributed by atoms with Crippen molar-refractivity contribution in [3.8, 4) is 5.75 Å². The zero-order valence-electron chi connectivity index (χ0n) is 15.5. The third-order valence-electron chi connectivity index (χ3n) is 4.68. The van der Waals surface area contributed by atoms with Gasteiger partial charge in [0.2, 0.25) is 5.91 Å². The van der Waals surface area contributed by atoms with Crippen LogP contribution in [0.2, 0.25) is 0 Å². The molecule has 1 atom stereocenters. The first-order valence-electron chi connectivity index (χ1n) is 9.03. The van der Waals surface area contributed by atoms with Gasteiger partial charge in [0.05, 0.1) is 11.0 Å². The minimum Gasteiger partial charge on any atom is -0.508 e. The topological polar surface area (TPSA) is 58.4 Å². The lowest BCUT2D eigenvalue weighted by Gasteiger charge is -2.26. The quantitative estimate of drug-likeness (QED) is 0.732. The fourth-order valence-corrected chi connectivity index (χ4v) is 3.42. The third kappa shape index (κ3) is 3.43. The van der Waals surface area contributed by atoms with Gasteiger partial charge in [0.25, 0.3) is 0 Å². The maximum Gasteiger partial charge on any atom is 0.245 e. The highest BCUT2D eigenvalue weighted by atomic mass is 16.3. The smallest absolute Gasteiger partial charge is 0.245 e. The van der Waals surface area contributed by atoms with Crippen molar-refractivity contribution in [3.63, 3.8) is 0 Å². The van der Waals surface area contributed by atoms with Crippen molar-refractivity contribution in [3.05, 3.63) is 59.9 Å². The SMILES string of the molecule is CCc1nc2ccccc2n1[C@@H](CC)C(=O)N(C)Cc1cccc(O)c1. The number of amides is 1. The van der Waals surface area contributed by atoms with Crippen molar-refractivity contribution >= 4 is 16.9 Å². The lowest BCUT2D eigenvalue weighted by molar-refractivity contribution is -0.134. The zero-order chi connectivity index (χ0) is 18.7. The van der Waals surface area contributed by atoms with Gasteiger partial charge in [0, 0.05) is 20.0 Å². The van der Waals surface area contributed by atoms with Crippen LogP contribution in [0.1, 0.15) is 37.7 Å². The second-order valence-electron chi connectivity index (χ2n) is 6.53. The summed E-state index contributed by atoms with van der Waals surface area (Å²) in [6, 6.07) is 14.7. The van der Waals surface area contributed by atoms with Gasteiger partial charge < -0.3 is 14.6 Å². The van der Waals surface area contributed by atoms with E-state index in [1.807, 2.05) is 37.3 Å². The molecule has 136 valence electrons. The summed E-state index contributed by atoms with van der Waals surface area (Å²) in [6.07, 6.45) is 1.46. The summed E-state index contributed by atoms with van der Waals surface area (Å²) in [5, 5.41) is 9.64. The highest BCUT2D eigenvalue weighted by Crippen LogP contribution is 2.26. The molecule has 0 aliphatic carbocycles. The fraction of sp³-hybridized carbons (Fsp3) is 0.333. The number of para-hydroxylation sites is 2. The molecule has 1 amide bonds. The number of hydrogen-bond acceptors (Lipinski definition) is 3. The van der Waals surface area contributed by atoms with Gasteiger partial charge in [0.15, 0.2) is 0 Å². The Morgan fingerprint density at radius 2 is 1.96 bits per heavy atom. The summed E-state index contributed by atoms with van der Waals surface area (Å²) in [4.78, 5) is 19.6. The summed E-state index contributed by atoms with van der Waals surface area (Å²) in [6.45, 7) is 4.54. The van der Waals surface area contributed by atoms with Crippen molar-refractivity contribution < 1.29 is 9.90 Å². The lowest BCUT2D eigenvalue weighted by Crippen LogP contribution is -2.34. The van der Waals surface area contributed by atoms with Crippen molar-refractivity contribution in [2.45, 2.75) is 39.3 Å². The first kappa shape index (κ1) is 18.0. The highest BCUT2D eigenvalue weighted by molar-refractivity contribution is 5.84. The Morgan fingerprint density at radius 1 is 1.19 bits per heavy atom. The molecule has 5 heteroatoms. The van der Waals surface area contributed by atoms with E-state index in [1.54, 1.807) is 30.1 Å². The first-order chi connectivity index (χ1) is 12.5. The van der Waals surface area contributed by atoms with Gasteiger partial charge in [-0.25, -0.2) is 4.98 Å². The second-order valence-corrected chi connectivity index (χ2v) is 6.53. The predicted molar refractivity (Wildman–Crippen MR) is 103 cm³/mol. The first-order valence-corrected chi connectivity index (χ1v) is 9.03. The third-order valence-corrected chi connectivity index (χ3v) is 4.68. The summed E-state index contributed by atoms with van der Waals surface area (Å²) >= 11 is 0. The van der Waals surface area contributed by atoms with Crippen LogP contribution in [-0.4, -0.2) is 32.5 Å². The molecule has 3 aromatic rings. The molecule has 5 nitrogen and oxygen atoms in total. The molecule has 0 saturated carbocycles. The Bertz CT molecular complexity index is 917. The van der Waals surface area contributed by atoms with Gasteiger partial charge in [-0.2, -0.15) is 0 Å². The van der Waals surface area contributed by atoms with Crippen LogP contribution in [0, 0.1) is 0 Å². The van der Waals surface area contributed by atoms with Crippen LogP contribution in [0.15, 0.2) is 48.5 Å². The van der Waals surface area contributed by atoms with Crippen molar-refractivity contribution in [1.29, 1.82) is 0 Å². The normalized spacial score (nSPS) is 12.3. The average molecular weight is 351 g/mol. The highest BCUT2D eigenvalue weighted by Gasteiger charge is 2.26. The molecule has 1 heterocycles. The van der Waals surface area contributed by atoms with Crippen molar-refractivity contribution in [2.75, 3.05) is 7.05 Å². The number of carbonyl (C=O) groups excluding carboxylic acids is 1. The van der Waals surface area contributed by atoms with Crippen molar-refractivity contribution in [1.82, 2.24) is 14.5 Å². The van der Waals surface area contributed by atoms with E-state index in [-0.39, 0.29) is 17.7 Å². The van der Waals surface area contributed by atoms with Crippen LogP contribution in [-0.2, 0) is 17.8 Å². The number of aryl methyl sites for hydroxylation is 1. The molecule has 0 fully saturated rings. The Morgan fingerprint density at radius 3 is 2.65 bits per heavy atom. The van der Waals surface area contributed by atoms with Gasteiger partial charge in [-0.15, -0.1) is 0 Å². The number of imidazole rings is 1. The van der Waals surface area contributed by atoms with Gasteiger partial charge in [-0.05, 0) is 36.2 Å². The van der Waals surface area contributed by atoms with E-state index >= 15 is 0 Å². The standard InChI is InChI=1S/C21H25N3O2/c1-4-18(21(26)23(3)14-15-9-8-10-16(25)13-15)24-19-12-7-6-11-17(19)22-20(24)5-2/h6-13,18,25H,4-5,14H2,1-3H3/t18-/m0/s1. The number of aromatic nitrogens is 2. The Labute approximate surface area is 153 Å². The molecule has 0 spiro atoms. The number of benzene rings is 2. The Hall–Kier alpha value is -2.82. The van der Waals surface area contributed by atoms with Crippen LogP contribution in [0.3, 0.4) is 0 Å². The van der Waals surface area contributed by atoms with Crippen LogP contribution >= 0.6 is 0 Å². The van der Waals surface area contributed by atoms with Crippen LogP contribution in [0.4, 0.5) is 0 Å². The maximum atomic E-state index is 13.2. The molecule has 2 aromatic carbocycles. The summed E-state index contributed by atoms with van der Waals surface area (Å²) in [7, 11) is 1.81. The molecule has 0 radical (unpaired) electrons. The number of likely N-dealkylation sites (N-methyl/N-ethyl adjacent to an activating group) is 1. The Kier molecular flexibility index (Phi) is 5.26. The zero-order valence-corrected chi connectivity index (χ0v) is 15.5. The van der Waals surface area contributed by atoms with Crippen molar-refractivity contribution in [2.24, 2.45) is 0 Å². The predicted octanol–water partition coefficient (Wildman–Crippen LogP) is 3.91. The average Bonchev–Trinajstić information content (AvgIpc) is 3.01. The van der Waals surface area contributed by atoms with E-state index in [2.05, 4.69) is 11.5 Å². The number of aromatic hydroxyl groups is 1. The Balaban J connectivity index is 1.92. The fourth-order valence-electron chi connectivity index (χ4n) is 3.42. The number of fused-ring (bicyclic) bond motifs is 1. The lowest BCUT2D eigenvalue weighted by atomic mass is 10.1. The van der Waals surface area contributed by atoms with E-state index in [9.17, 15) is 9.90 Å². The molecule has 0 aliphatic heterocycles. The number of carbonyl (C=O) groups is 1. The largest absolute Gasteiger partial charge is 0.508 e. The molecule has 1 N–H and O–H groups in total. The number of hydrogen-bond donors (Lipinski definition) is 1. The molecular weight excluding hydrogens is 326 g/mol. The molecule has 0 unspecified atom stereocenters. The van der Waals surface area contributed by atoms with E-state index in [0.29, 0.717) is 13.0 Å². The van der Waals surface area contributed by atoms with E-state index in [0.717, 1.165) is 28.8 Å². The molecule has 3 rings (SSSR count). The van der Waals surface area contributed by atoms with E-state index in [1.165, 1.54) is 0 Å². The molecular formula is C21H25N3O2. The molecule has 1 aromatic heterocycles. The monoisotopic (exact) mass is 351 g/mol. The summed E-state index contributed by atoms with van der Waals surface area (Å²) in [5.41, 5.74) is 2.82.